The molecule has 0 aromatic heterocycles. The van der Waals surface area contributed by atoms with Crippen LogP contribution >= 0.6 is 0 Å². The molecule has 0 saturated carbocycles. The summed E-state index contributed by atoms with van der Waals surface area (Å²) in [6.07, 6.45) is -5.52. The van der Waals surface area contributed by atoms with E-state index >= 15 is 0 Å². The van der Waals surface area contributed by atoms with Gasteiger partial charge >= 0.3 is 30.0 Å². The molecular formula is C31H37NO12. The fraction of sp³-hybridized carbons (Fsp3) is 0.452. The Hall–Kier alpha value is -4.65. The number of unbranched alkanes of at least 4 members (excludes halogenated alkanes) is 1. The summed E-state index contributed by atoms with van der Waals surface area (Å²) in [6, 6.07) is 16.4. The number of hydrogen-bond donors (Lipinski definition) is 1. The van der Waals surface area contributed by atoms with Gasteiger partial charge in [0.25, 0.3) is 0 Å². The SMILES string of the molecule is COC(=O)[C@H]1O[C@@H](Oc2ccc(CCCCNC(=O)OCc3ccccc3)cc2)[C@@H](OC(C)=O)[C@H](OC(C)=O)[C@H]1OC(C)=O. The van der Waals surface area contributed by atoms with Crippen LogP contribution in [0.5, 0.6) is 5.75 Å². The van der Waals surface area contributed by atoms with Gasteiger partial charge in [-0.05, 0) is 42.5 Å². The molecule has 1 aliphatic rings. The maximum Gasteiger partial charge on any atom is 0.407 e. The molecule has 1 heterocycles. The van der Waals surface area contributed by atoms with Crippen LogP contribution in [0.15, 0.2) is 54.6 Å². The van der Waals surface area contributed by atoms with Crippen LogP contribution in [0.2, 0.25) is 0 Å². The standard InChI is InChI=1S/C31H37NO12/c1-19(33)40-25-26(41-20(2)34)28(42-21(3)35)30(44-27(25)29(36)38-4)43-24-15-13-22(14-16-24)10-8-9-17-32-31(37)39-18-23-11-6-5-7-12-23/h5-7,11-16,25-28,30H,8-10,17-18H2,1-4H3,(H,32,37)/t25-,26-,27+,28+,30-/m1/s1. The third-order valence-corrected chi connectivity index (χ3v) is 6.38. The van der Waals surface area contributed by atoms with Crippen molar-refractivity contribution in [2.75, 3.05) is 13.7 Å². The smallest absolute Gasteiger partial charge is 0.407 e. The summed E-state index contributed by atoms with van der Waals surface area (Å²) in [4.78, 5) is 60.2. The molecule has 1 fully saturated rings. The molecule has 13 heteroatoms. The Morgan fingerprint density at radius 1 is 0.750 bits per heavy atom. The molecule has 1 amide bonds. The van der Waals surface area contributed by atoms with Gasteiger partial charge in [0.1, 0.15) is 12.4 Å². The third-order valence-electron chi connectivity index (χ3n) is 6.38. The van der Waals surface area contributed by atoms with Gasteiger partial charge in [-0.1, -0.05) is 42.5 Å². The van der Waals surface area contributed by atoms with Crippen LogP contribution in [0.4, 0.5) is 4.79 Å². The lowest BCUT2D eigenvalue weighted by Crippen LogP contribution is -2.64. The molecule has 3 rings (SSSR count). The molecule has 238 valence electrons. The molecule has 2 aromatic carbocycles. The van der Waals surface area contributed by atoms with Gasteiger partial charge in [-0.2, -0.15) is 0 Å². The van der Waals surface area contributed by atoms with E-state index in [0.717, 1.165) is 58.3 Å². The molecule has 0 unspecified atom stereocenters. The zero-order chi connectivity index (χ0) is 32.1. The highest BCUT2D eigenvalue weighted by Crippen LogP contribution is 2.31. The van der Waals surface area contributed by atoms with Crippen molar-refractivity contribution < 1.29 is 57.1 Å². The quantitative estimate of drug-likeness (QED) is 0.199. The van der Waals surface area contributed by atoms with Gasteiger partial charge < -0.3 is 38.5 Å². The van der Waals surface area contributed by atoms with E-state index in [9.17, 15) is 24.0 Å². The predicted molar refractivity (Wildman–Crippen MR) is 152 cm³/mol. The topological polar surface area (TPSA) is 162 Å². The first-order valence-corrected chi connectivity index (χ1v) is 14.0. The Balaban J connectivity index is 1.59. The highest BCUT2D eigenvalue weighted by atomic mass is 16.7. The van der Waals surface area contributed by atoms with Gasteiger partial charge in [0.05, 0.1) is 7.11 Å². The minimum atomic E-state index is -1.55. The second-order valence-electron chi connectivity index (χ2n) is 9.88. The minimum Gasteiger partial charge on any atom is -0.467 e. The Labute approximate surface area is 255 Å². The number of ether oxygens (including phenoxy) is 7. The van der Waals surface area contributed by atoms with Crippen LogP contribution < -0.4 is 10.1 Å². The first-order valence-electron chi connectivity index (χ1n) is 14.0. The van der Waals surface area contributed by atoms with Crippen molar-refractivity contribution in [1.29, 1.82) is 0 Å². The van der Waals surface area contributed by atoms with E-state index in [0.29, 0.717) is 12.3 Å². The van der Waals surface area contributed by atoms with E-state index < -0.39 is 60.7 Å². The Kier molecular flexibility index (Phi) is 13.0. The Morgan fingerprint density at radius 3 is 1.98 bits per heavy atom. The van der Waals surface area contributed by atoms with Gasteiger partial charge in [0.15, 0.2) is 18.3 Å². The van der Waals surface area contributed by atoms with Gasteiger partial charge in [-0.3, -0.25) is 14.4 Å². The summed E-state index contributed by atoms with van der Waals surface area (Å²) >= 11 is 0. The van der Waals surface area contributed by atoms with Crippen molar-refractivity contribution in [3.63, 3.8) is 0 Å². The number of carbonyl (C=O) groups is 5. The summed E-state index contributed by atoms with van der Waals surface area (Å²) in [6.45, 7) is 4.01. The van der Waals surface area contributed by atoms with Gasteiger partial charge in [0, 0.05) is 27.3 Å². The molecule has 13 nitrogen and oxygen atoms in total. The largest absolute Gasteiger partial charge is 0.467 e. The summed E-state index contributed by atoms with van der Waals surface area (Å²) in [5.41, 5.74) is 1.90. The van der Waals surface area contributed by atoms with Crippen molar-refractivity contribution in [3.8, 4) is 5.75 Å². The summed E-state index contributed by atoms with van der Waals surface area (Å²) in [5, 5.41) is 2.73. The summed E-state index contributed by atoms with van der Waals surface area (Å²) in [5.74, 6) is -2.94. The maximum atomic E-state index is 12.6. The second kappa shape index (κ2) is 16.8. The van der Waals surface area contributed by atoms with Crippen LogP contribution in [0.25, 0.3) is 0 Å². The van der Waals surface area contributed by atoms with E-state index in [1.165, 1.54) is 0 Å². The zero-order valence-electron chi connectivity index (χ0n) is 25.0. The first kappa shape index (κ1) is 33.8. The fourth-order valence-corrected chi connectivity index (χ4v) is 4.46. The lowest BCUT2D eigenvalue weighted by molar-refractivity contribution is -0.282. The molecule has 1 saturated heterocycles. The van der Waals surface area contributed by atoms with Crippen molar-refractivity contribution in [3.05, 3.63) is 65.7 Å². The zero-order valence-corrected chi connectivity index (χ0v) is 25.0. The highest BCUT2D eigenvalue weighted by molar-refractivity contribution is 5.77. The van der Waals surface area contributed by atoms with Crippen LogP contribution in [0.1, 0.15) is 44.7 Å². The number of alkyl carbamates (subject to hydrolysis) is 1. The number of amides is 1. The van der Waals surface area contributed by atoms with Gasteiger partial charge in [-0.25, -0.2) is 9.59 Å². The number of esters is 4. The molecule has 0 spiro atoms. The van der Waals surface area contributed by atoms with E-state index in [4.69, 9.17) is 33.2 Å². The van der Waals surface area contributed by atoms with Crippen LogP contribution in [-0.2, 0) is 60.6 Å². The summed E-state index contributed by atoms with van der Waals surface area (Å²) in [7, 11) is 1.11. The number of methoxy groups -OCH3 is 1. The molecule has 5 atom stereocenters. The molecule has 0 aliphatic carbocycles. The van der Waals surface area contributed by atoms with Crippen LogP contribution in [0.3, 0.4) is 0 Å². The van der Waals surface area contributed by atoms with Crippen molar-refractivity contribution in [2.24, 2.45) is 0 Å². The van der Waals surface area contributed by atoms with E-state index in [1.807, 2.05) is 42.5 Å². The minimum absolute atomic E-state index is 0.204. The van der Waals surface area contributed by atoms with E-state index in [2.05, 4.69) is 5.32 Å². The van der Waals surface area contributed by atoms with Gasteiger partial charge in [-0.15, -0.1) is 0 Å². The average molecular weight is 616 g/mol. The fourth-order valence-electron chi connectivity index (χ4n) is 4.46. The van der Waals surface area contributed by atoms with E-state index in [-0.39, 0.29) is 6.61 Å². The Bertz CT molecular complexity index is 1270. The first-order chi connectivity index (χ1) is 21.1. The maximum absolute atomic E-state index is 12.6. The normalized spacial score (nSPS) is 20.9. The van der Waals surface area contributed by atoms with Crippen molar-refractivity contribution >= 4 is 30.0 Å². The molecule has 1 N–H and O–H groups in total. The number of nitrogens with one attached hydrogen (secondary N) is 1. The van der Waals surface area contributed by atoms with Gasteiger partial charge in [0.2, 0.25) is 12.4 Å². The molecule has 0 bridgehead atoms. The average Bonchev–Trinajstić information content (AvgIpc) is 2.99. The molecule has 0 radical (unpaired) electrons. The van der Waals surface area contributed by atoms with Crippen molar-refractivity contribution in [1.82, 2.24) is 5.32 Å². The van der Waals surface area contributed by atoms with Crippen molar-refractivity contribution in [2.45, 2.75) is 77.3 Å². The van der Waals surface area contributed by atoms with Crippen LogP contribution in [-0.4, -0.2) is 74.3 Å². The highest BCUT2D eigenvalue weighted by Gasteiger charge is 2.55. The van der Waals surface area contributed by atoms with E-state index in [1.54, 1.807) is 12.1 Å². The number of rotatable bonds is 13. The lowest BCUT2D eigenvalue weighted by Gasteiger charge is -2.43. The third kappa shape index (κ3) is 10.6. The van der Waals surface area contributed by atoms with Crippen LogP contribution in [0, 0.1) is 0 Å². The second-order valence-corrected chi connectivity index (χ2v) is 9.88. The summed E-state index contributed by atoms with van der Waals surface area (Å²) < 4.78 is 37.7. The molecule has 2 aromatic rings. The lowest BCUT2D eigenvalue weighted by atomic mass is 9.97. The molecule has 1 aliphatic heterocycles. The predicted octanol–water partition coefficient (Wildman–Crippen LogP) is 3.01. The number of hydrogen-bond acceptors (Lipinski definition) is 12. The number of aryl methyl sites for hydroxylation is 1. The molecule has 44 heavy (non-hydrogen) atoms. The number of carbonyl (C=O) groups excluding carboxylic acids is 5. The molecular weight excluding hydrogens is 578 g/mol. The monoisotopic (exact) mass is 615 g/mol. The Morgan fingerprint density at radius 2 is 1.36 bits per heavy atom. The number of benzene rings is 2.